The lowest BCUT2D eigenvalue weighted by atomic mass is 9.94. The van der Waals surface area contributed by atoms with Crippen molar-refractivity contribution in [3.63, 3.8) is 0 Å². The maximum Gasteiger partial charge on any atom is 0.257 e. The number of aliphatic hydroxyl groups is 1. The molecule has 2 aromatic carbocycles. The SMILES string of the molecule is O=C1c2ccccc2[C@](O)(Cc2ccccc2)N1Cc1cccnc1. The minimum absolute atomic E-state index is 0.155. The third kappa shape index (κ3) is 2.71. The molecule has 1 aromatic heterocycles. The third-order valence-electron chi connectivity index (χ3n) is 4.64. The maximum atomic E-state index is 13.0. The smallest absolute Gasteiger partial charge is 0.257 e. The van der Waals surface area contributed by atoms with Crippen LogP contribution in [0.4, 0.5) is 0 Å². The molecule has 0 radical (unpaired) electrons. The van der Waals surface area contributed by atoms with Crippen molar-refractivity contribution in [2.75, 3.05) is 0 Å². The lowest BCUT2D eigenvalue weighted by Gasteiger charge is -2.34. The highest BCUT2D eigenvalue weighted by Crippen LogP contribution is 2.40. The van der Waals surface area contributed by atoms with Crippen molar-refractivity contribution in [3.8, 4) is 0 Å². The number of benzene rings is 2. The predicted molar refractivity (Wildman–Crippen MR) is 94.6 cm³/mol. The highest BCUT2D eigenvalue weighted by atomic mass is 16.3. The minimum Gasteiger partial charge on any atom is -0.366 e. The van der Waals surface area contributed by atoms with Crippen molar-refractivity contribution in [1.82, 2.24) is 9.88 Å². The van der Waals surface area contributed by atoms with Gasteiger partial charge in [-0.1, -0.05) is 54.6 Å². The number of pyridine rings is 1. The second kappa shape index (κ2) is 6.15. The predicted octanol–water partition coefficient (Wildman–Crippen LogP) is 3.13. The fourth-order valence-electron chi connectivity index (χ4n) is 3.43. The van der Waals surface area contributed by atoms with E-state index in [1.807, 2.05) is 60.7 Å². The Labute approximate surface area is 146 Å². The summed E-state index contributed by atoms with van der Waals surface area (Å²) in [4.78, 5) is 18.6. The van der Waals surface area contributed by atoms with Gasteiger partial charge in [-0.05, 0) is 23.3 Å². The van der Waals surface area contributed by atoms with Crippen molar-refractivity contribution in [2.45, 2.75) is 18.7 Å². The molecule has 0 spiro atoms. The molecule has 1 atom stereocenters. The highest BCUT2D eigenvalue weighted by Gasteiger charge is 2.48. The Morgan fingerprint density at radius 2 is 1.64 bits per heavy atom. The molecule has 4 heteroatoms. The van der Waals surface area contributed by atoms with E-state index >= 15 is 0 Å². The van der Waals surface area contributed by atoms with Gasteiger partial charge in [0, 0.05) is 29.9 Å². The number of aromatic nitrogens is 1. The summed E-state index contributed by atoms with van der Waals surface area (Å²) < 4.78 is 0. The van der Waals surface area contributed by atoms with Gasteiger partial charge in [-0.3, -0.25) is 9.78 Å². The summed E-state index contributed by atoms with van der Waals surface area (Å²) in [6.45, 7) is 0.310. The summed E-state index contributed by atoms with van der Waals surface area (Å²) in [5.41, 5.74) is 1.71. The molecule has 1 amide bonds. The molecular formula is C21H18N2O2. The average molecular weight is 330 g/mol. The number of carbonyl (C=O) groups is 1. The number of rotatable bonds is 4. The van der Waals surface area contributed by atoms with Gasteiger partial charge < -0.3 is 10.0 Å². The topological polar surface area (TPSA) is 53.4 Å². The van der Waals surface area contributed by atoms with E-state index in [0.717, 1.165) is 11.1 Å². The van der Waals surface area contributed by atoms with E-state index < -0.39 is 5.72 Å². The zero-order chi connectivity index (χ0) is 17.3. The molecule has 0 fully saturated rings. The lowest BCUT2D eigenvalue weighted by molar-refractivity contribution is -0.0879. The van der Waals surface area contributed by atoms with Crippen LogP contribution in [0.15, 0.2) is 79.1 Å². The van der Waals surface area contributed by atoms with Gasteiger partial charge in [0.1, 0.15) is 0 Å². The summed E-state index contributed by atoms with van der Waals surface area (Å²) in [5.74, 6) is -0.155. The molecule has 2 heterocycles. The van der Waals surface area contributed by atoms with Crippen LogP contribution < -0.4 is 0 Å². The van der Waals surface area contributed by atoms with E-state index in [1.54, 1.807) is 23.4 Å². The van der Waals surface area contributed by atoms with E-state index in [9.17, 15) is 9.90 Å². The second-order valence-electron chi connectivity index (χ2n) is 6.28. The molecule has 0 aliphatic carbocycles. The first-order valence-electron chi connectivity index (χ1n) is 8.25. The highest BCUT2D eigenvalue weighted by molar-refractivity contribution is 5.99. The monoisotopic (exact) mass is 330 g/mol. The maximum absolute atomic E-state index is 13.0. The first kappa shape index (κ1) is 15.5. The van der Waals surface area contributed by atoms with Crippen molar-refractivity contribution in [1.29, 1.82) is 0 Å². The van der Waals surface area contributed by atoms with E-state index in [2.05, 4.69) is 4.98 Å². The first-order valence-corrected chi connectivity index (χ1v) is 8.25. The minimum atomic E-state index is -1.37. The number of hydrogen-bond donors (Lipinski definition) is 1. The summed E-state index contributed by atoms with van der Waals surface area (Å²) in [6.07, 6.45) is 3.76. The van der Waals surface area contributed by atoms with Gasteiger partial charge in [0.2, 0.25) is 0 Å². The fraction of sp³-hybridized carbons (Fsp3) is 0.143. The van der Waals surface area contributed by atoms with Gasteiger partial charge in [-0.15, -0.1) is 0 Å². The standard InChI is InChI=1S/C21H18N2O2/c24-20-18-10-4-5-11-19(18)21(25,13-16-7-2-1-3-8-16)23(20)15-17-9-6-12-22-14-17/h1-12,14,25H,13,15H2/t21-/m1/s1. The largest absolute Gasteiger partial charge is 0.366 e. The third-order valence-corrected chi connectivity index (χ3v) is 4.64. The molecule has 1 N–H and O–H groups in total. The Kier molecular flexibility index (Phi) is 3.82. The number of hydrogen-bond acceptors (Lipinski definition) is 3. The van der Waals surface area contributed by atoms with Crippen molar-refractivity contribution in [2.24, 2.45) is 0 Å². The van der Waals surface area contributed by atoms with E-state index in [1.165, 1.54) is 0 Å². The molecule has 4 rings (SSSR count). The van der Waals surface area contributed by atoms with Gasteiger partial charge in [0.15, 0.2) is 5.72 Å². The van der Waals surface area contributed by atoms with Crippen molar-refractivity contribution < 1.29 is 9.90 Å². The van der Waals surface area contributed by atoms with E-state index in [4.69, 9.17) is 0 Å². The summed E-state index contributed by atoms with van der Waals surface area (Å²) in [7, 11) is 0. The zero-order valence-electron chi connectivity index (χ0n) is 13.7. The molecular weight excluding hydrogens is 312 g/mol. The average Bonchev–Trinajstić information content (AvgIpc) is 2.86. The van der Waals surface area contributed by atoms with Gasteiger partial charge in [-0.2, -0.15) is 0 Å². The van der Waals surface area contributed by atoms with Crippen LogP contribution >= 0.6 is 0 Å². The van der Waals surface area contributed by atoms with Crippen LogP contribution in [0.2, 0.25) is 0 Å². The van der Waals surface area contributed by atoms with Crippen LogP contribution in [0, 0.1) is 0 Å². The summed E-state index contributed by atoms with van der Waals surface area (Å²) in [5, 5.41) is 11.6. The molecule has 124 valence electrons. The second-order valence-corrected chi connectivity index (χ2v) is 6.28. The first-order chi connectivity index (χ1) is 12.2. The molecule has 0 saturated heterocycles. The van der Waals surface area contributed by atoms with Crippen molar-refractivity contribution in [3.05, 3.63) is 101 Å². The number of amides is 1. The quantitative estimate of drug-likeness (QED) is 0.800. The Morgan fingerprint density at radius 3 is 2.40 bits per heavy atom. The van der Waals surface area contributed by atoms with Crippen LogP contribution in [0.5, 0.6) is 0 Å². The number of nitrogens with zero attached hydrogens (tertiary/aromatic N) is 2. The number of carbonyl (C=O) groups excluding carboxylic acids is 1. The van der Waals surface area contributed by atoms with Crippen LogP contribution in [-0.4, -0.2) is 20.9 Å². The van der Waals surface area contributed by atoms with Crippen LogP contribution in [0.3, 0.4) is 0 Å². The fourth-order valence-corrected chi connectivity index (χ4v) is 3.43. The molecule has 4 nitrogen and oxygen atoms in total. The molecule has 25 heavy (non-hydrogen) atoms. The molecule has 3 aromatic rings. The zero-order valence-corrected chi connectivity index (χ0v) is 13.7. The Morgan fingerprint density at radius 1 is 0.920 bits per heavy atom. The van der Waals surface area contributed by atoms with Crippen LogP contribution in [0.1, 0.15) is 27.0 Å². The molecule has 1 aliphatic rings. The Balaban J connectivity index is 1.77. The van der Waals surface area contributed by atoms with E-state index in [0.29, 0.717) is 24.1 Å². The number of fused-ring (bicyclic) bond motifs is 1. The summed E-state index contributed by atoms with van der Waals surface area (Å²) >= 11 is 0. The summed E-state index contributed by atoms with van der Waals surface area (Å²) in [6, 6.07) is 20.8. The van der Waals surface area contributed by atoms with Gasteiger partial charge in [-0.25, -0.2) is 0 Å². The van der Waals surface area contributed by atoms with Gasteiger partial charge in [0.05, 0.1) is 6.54 Å². The molecule has 0 saturated carbocycles. The van der Waals surface area contributed by atoms with Crippen LogP contribution in [0.25, 0.3) is 0 Å². The van der Waals surface area contributed by atoms with Gasteiger partial charge >= 0.3 is 0 Å². The Bertz CT molecular complexity index is 896. The lowest BCUT2D eigenvalue weighted by Crippen LogP contribution is -2.45. The van der Waals surface area contributed by atoms with Crippen LogP contribution in [-0.2, 0) is 18.7 Å². The Hall–Kier alpha value is -2.98. The van der Waals surface area contributed by atoms with E-state index in [-0.39, 0.29) is 5.91 Å². The molecule has 0 unspecified atom stereocenters. The van der Waals surface area contributed by atoms with Gasteiger partial charge in [0.25, 0.3) is 5.91 Å². The molecule has 0 bridgehead atoms. The van der Waals surface area contributed by atoms with Crippen molar-refractivity contribution >= 4 is 5.91 Å². The normalized spacial score (nSPS) is 19.1. The molecule has 1 aliphatic heterocycles.